The third-order valence-electron chi connectivity index (χ3n) is 2.60. The Bertz CT molecular complexity index is 306. The van der Waals surface area contributed by atoms with Crippen molar-refractivity contribution in [2.24, 2.45) is 5.73 Å². The zero-order valence-electron chi connectivity index (χ0n) is 9.36. The quantitative estimate of drug-likeness (QED) is 0.689. The summed E-state index contributed by atoms with van der Waals surface area (Å²) >= 11 is 4.58. The minimum atomic E-state index is -0.215. The maximum atomic E-state index is 11.5. The molecule has 1 atom stereocenters. The van der Waals surface area contributed by atoms with Crippen molar-refractivity contribution >= 4 is 29.1 Å². The van der Waals surface area contributed by atoms with Crippen LogP contribution >= 0.6 is 12.2 Å². The number of likely N-dealkylation sites (tertiary alicyclic amines) is 1. The highest BCUT2D eigenvalue weighted by Gasteiger charge is 2.31. The Kier molecular flexibility index (Phi) is 4.67. The Morgan fingerprint density at radius 1 is 1.69 bits per heavy atom. The van der Waals surface area contributed by atoms with Crippen molar-refractivity contribution < 1.29 is 9.59 Å². The molecular formula is C10H17N3O2S. The number of rotatable bonds is 4. The Hall–Kier alpha value is -1.17. The summed E-state index contributed by atoms with van der Waals surface area (Å²) in [5, 5.41) is 2.36. The van der Waals surface area contributed by atoms with Crippen LogP contribution < -0.4 is 11.1 Å². The van der Waals surface area contributed by atoms with E-state index in [9.17, 15) is 9.59 Å². The number of nitrogens with one attached hydrogen (secondary N) is 1. The van der Waals surface area contributed by atoms with Crippen LogP contribution in [0.5, 0.6) is 0 Å². The second-order valence-corrected chi connectivity index (χ2v) is 4.34. The monoisotopic (exact) mass is 243 g/mol. The third kappa shape index (κ3) is 3.44. The normalized spacial score (nSPS) is 19.9. The maximum Gasteiger partial charge on any atom is 0.228 e. The summed E-state index contributed by atoms with van der Waals surface area (Å²) in [5.41, 5.74) is 5.21. The molecule has 2 amide bonds. The van der Waals surface area contributed by atoms with Crippen LogP contribution in [0.1, 0.15) is 32.6 Å². The van der Waals surface area contributed by atoms with Crippen LogP contribution in [0.3, 0.4) is 0 Å². The molecule has 16 heavy (non-hydrogen) atoms. The first-order chi connectivity index (χ1) is 7.54. The summed E-state index contributed by atoms with van der Waals surface area (Å²) in [6.45, 7) is 2.72. The van der Waals surface area contributed by atoms with E-state index in [1.165, 1.54) is 0 Å². The summed E-state index contributed by atoms with van der Waals surface area (Å²) in [5.74, 6) is -0.0803. The van der Waals surface area contributed by atoms with Crippen molar-refractivity contribution in [3.63, 3.8) is 0 Å². The highest BCUT2D eigenvalue weighted by Crippen LogP contribution is 2.21. The van der Waals surface area contributed by atoms with Gasteiger partial charge in [0.1, 0.15) is 0 Å². The number of carbonyl (C=O) groups is 2. The van der Waals surface area contributed by atoms with Gasteiger partial charge in [-0.15, -0.1) is 0 Å². The minimum absolute atomic E-state index is 0.00167. The molecule has 0 bridgehead atoms. The van der Waals surface area contributed by atoms with Gasteiger partial charge in [-0.2, -0.15) is 0 Å². The summed E-state index contributed by atoms with van der Waals surface area (Å²) in [4.78, 5) is 24.7. The van der Waals surface area contributed by atoms with Crippen LogP contribution in [0.4, 0.5) is 0 Å². The highest BCUT2D eigenvalue weighted by atomic mass is 32.1. The first-order valence-electron chi connectivity index (χ1n) is 5.43. The Morgan fingerprint density at radius 2 is 2.38 bits per heavy atom. The van der Waals surface area contributed by atoms with E-state index in [4.69, 9.17) is 5.73 Å². The molecule has 1 aliphatic heterocycles. The van der Waals surface area contributed by atoms with Gasteiger partial charge >= 0.3 is 0 Å². The number of nitrogens with zero attached hydrogens (tertiary/aromatic N) is 1. The lowest BCUT2D eigenvalue weighted by Gasteiger charge is -2.23. The lowest BCUT2D eigenvalue weighted by Crippen LogP contribution is -2.41. The predicted molar refractivity (Wildman–Crippen MR) is 64.6 cm³/mol. The van der Waals surface area contributed by atoms with Crippen molar-refractivity contribution in [2.45, 2.75) is 38.6 Å². The van der Waals surface area contributed by atoms with Gasteiger partial charge in [-0.05, 0) is 25.1 Å². The Balaban J connectivity index is 2.49. The molecule has 1 fully saturated rings. The van der Waals surface area contributed by atoms with Crippen LogP contribution in [0.2, 0.25) is 0 Å². The number of nitrogens with two attached hydrogens (primary N) is 1. The minimum Gasteiger partial charge on any atom is -0.376 e. The van der Waals surface area contributed by atoms with Crippen molar-refractivity contribution in [1.29, 1.82) is 0 Å². The Labute approximate surface area is 100 Å². The number of thiocarbonyl (C=S) groups is 1. The average molecular weight is 243 g/mol. The van der Waals surface area contributed by atoms with E-state index in [1.54, 1.807) is 4.90 Å². The molecule has 0 aromatic rings. The fourth-order valence-corrected chi connectivity index (χ4v) is 2.07. The summed E-state index contributed by atoms with van der Waals surface area (Å²) in [7, 11) is 0. The zero-order chi connectivity index (χ0) is 12.1. The largest absolute Gasteiger partial charge is 0.376 e. The molecule has 0 aromatic heterocycles. The van der Waals surface area contributed by atoms with Crippen LogP contribution in [0.25, 0.3) is 0 Å². The summed E-state index contributed by atoms with van der Waals surface area (Å²) < 4.78 is 0. The van der Waals surface area contributed by atoms with Crippen LogP contribution in [0.15, 0.2) is 0 Å². The van der Waals surface area contributed by atoms with Crippen molar-refractivity contribution in [2.75, 3.05) is 6.54 Å². The molecule has 1 heterocycles. The van der Waals surface area contributed by atoms with Crippen molar-refractivity contribution in [1.82, 2.24) is 10.2 Å². The van der Waals surface area contributed by atoms with E-state index < -0.39 is 0 Å². The molecule has 0 saturated carbocycles. The molecule has 5 nitrogen and oxygen atoms in total. The lowest BCUT2D eigenvalue weighted by molar-refractivity contribution is -0.129. The van der Waals surface area contributed by atoms with Gasteiger partial charge < -0.3 is 16.0 Å². The van der Waals surface area contributed by atoms with Gasteiger partial charge in [0, 0.05) is 25.4 Å². The van der Waals surface area contributed by atoms with E-state index in [2.05, 4.69) is 17.5 Å². The SMILES string of the molecule is CCCN1C(=O)CC[C@H]1CC(=O)NC(N)=S. The van der Waals surface area contributed by atoms with Gasteiger partial charge in [0.15, 0.2) is 5.11 Å². The smallest absolute Gasteiger partial charge is 0.228 e. The van der Waals surface area contributed by atoms with Gasteiger partial charge in [0.25, 0.3) is 0 Å². The number of amides is 2. The van der Waals surface area contributed by atoms with E-state index in [0.717, 1.165) is 12.8 Å². The van der Waals surface area contributed by atoms with Gasteiger partial charge in [-0.1, -0.05) is 6.92 Å². The lowest BCUT2D eigenvalue weighted by atomic mass is 10.1. The van der Waals surface area contributed by atoms with Gasteiger partial charge in [-0.25, -0.2) is 0 Å². The topological polar surface area (TPSA) is 75.4 Å². The number of hydrogen-bond acceptors (Lipinski definition) is 3. The standard InChI is InChI=1S/C10H17N3O2S/c1-2-5-13-7(3-4-9(13)15)6-8(14)12-10(11)16/h7H,2-6H2,1H3,(H3,11,12,14,16)/t7-/m0/s1. The highest BCUT2D eigenvalue weighted by molar-refractivity contribution is 7.80. The molecule has 90 valence electrons. The second kappa shape index (κ2) is 5.79. The van der Waals surface area contributed by atoms with E-state index in [0.29, 0.717) is 13.0 Å². The summed E-state index contributed by atoms with van der Waals surface area (Å²) in [6.07, 6.45) is 2.46. The molecule has 0 spiro atoms. The number of carbonyl (C=O) groups excluding carboxylic acids is 2. The number of hydrogen-bond donors (Lipinski definition) is 2. The van der Waals surface area contributed by atoms with Gasteiger partial charge in [-0.3, -0.25) is 9.59 Å². The van der Waals surface area contributed by atoms with Crippen LogP contribution in [-0.2, 0) is 9.59 Å². The third-order valence-corrected chi connectivity index (χ3v) is 2.70. The molecule has 3 N–H and O–H groups in total. The molecule has 1 saturated heterocycles. The molecule has 0 radical (unpaired) electrons. The predicted octanol–water partition coefficient (Wildman–Crippen LogP) is 0.137. The maximum absolute atomic E-state index is 11.5. The first-order valence-corrected chi connectivity index (χ1v) is 5.84. The van der Waals surface area contributed by atoms with Crippen molar-refractivity contribution in [3.05, 3.63) is 0 Å². The van der Waals surface area contributed by atoms with Gasteiger partial charge in [0.2, 0.25) is 11.8 Å². The van der Waals surface area contributed by atoms with Crippen molar-refractivity contribution in [3.8, 4) is 0 Å². The average Bonchev–Trinajstić information content (AvgIpc) is 2.49. The molecule has 6 heteroatoms. The zero-order valence-corrected chi connectivity index (χ0v) is 10.2. The second-order valence-electron chi connectivity index (χ2n) is 3.90. The molecular weight excluding hydrogens is 226 g/mol. The molecule has 0 aliphatic carbocycles. The summed E-state index contributed by atoms with van der Waals surface area (Å²) in [6, 6.07) is 0.00167. The fourth-order valence-electron chi connectivity index (χ4n) is 1.96. The van der Waals surface area contributed by atoms with Gasteiger partial charge in [0.05, 0.1) is 0 Å². The van der Waals surface area contributed by atoms with Crippen LogP contribution in [-0.4, -0.2) is 34.4 Å². The molecule has 1 aliphatic rings. The first kappa shape index (κ1) is 12.9. The van der Waals surface area contributed by atoms with E-state index in [1.807, 2.05) is 6.92 Å². The van der Waals surface area contributed by atoms with E-state index in [-0.39, 0.29) is 29.4 Å². The molecule has 0 unspecified atom stereocenters. The fraction of sp³-hybridized carbons (Fsp3) is 0.700. The molecule has 0 aromatic carbocycles. The van der Waals surface area contributed by atoms with E-state index >= 15 is 0 Å². The van der Waals surface area contributed by atoms with Crippen LogP contribution in [0, 0.1) is 0 Å². The molecule has 1 rings (SSSR count). The Morgan fingerprint density at radius 3 is 2.94 bits per heavy atom.